The first kappa shape index (κ1) is 23.7. The lowest BCUT2D eigenvalue weighted by Gasteiger charge is -2.31. The average Bonchev–Trinajstić information content (AvgIpc) is 2.60. The summed E-state index contributed by atoms with van der Waals surface area (Å²) in [5, 5.41) is 0. The summed E-state index contributed by atoms with van der Waals surface area (Å²) in [5.41, 5.74) is 5.76. The molecule has 0 spiro atoms. The van der Waals surface area contributed by atoms with Crippen LogP contribution in [0.15, 0.2) is 48.5 Å². The van der Waals surface area contributed by atoms with Gasteiger partial charge < -0.3 is 4.74 Å². The van der Waals surface area contributed by atoms with E-state index in [1.165, 1.54) is 22.3 Å². The molecule has 29 heavy (non-hydrogen) atoms. The van der Waals surface area contributed by atoms with Crippen molar-refractivity contribution in [2.75, 3.05) is 13.2 Å². The van der Waals surface area contributed by atoms with E-state index in [4.69, 9.17) is 4.74 Å². The average molecular weight is 395 g/mol. The topological polar surface area (TPSA) is 9.23 Å². The molecule has 2 aromatic carbocycles. The molecule has 160 valence electrons. The Labute approximate surface area is 179 Å². The maximum Gasteiger partial charge on any atom is 0.0558 e. The first-order valence-electron chi connectivity index (χ1n) is 10.9. The van der Waals surface area contributed by atoms with Crippen molar-refractivity contribution in [1.82, 2.24) is 0 Å². The third kappa shape index (κ3) is 6.19. The fraction of sp³-hybridized carbons (Fsp3) is 0.571. The van der Waals surface area contributed by atoms with Crippen LogP contribution in [-0.4, -0.2) is 13.2 Å². The van der Waals surface area contributed by atoms with Crippen LogP contribution in [-0.2, 0) is 26.4 Å². The number of hydrogen-bond donors (Lipinski definition) is 0. The predicted octanol–water partition coefficient (Wildman–Crippen LogP) is 7.55. The summed E-state index contributed by atoms with van der Waals surface area (Å²) in [7, 11) is 0. The summed E-state index contributed by atoms with van der Waals surface area (Å²) in [6, 6.07) is 18.1. The monoisotopic (exact) mass is 394 g/mol. The van der Waals surface area contributed by atoms with Crippen LogP contribution in [0.3, 0.4) is 0 Å². The quantitative estimate of drug-likeness (QED) is 0.491. The van der Waals surface area contributed by atoms with Crippen molar-refractivity contribution >= 4 is 0 Å². The lowest BCUT2D eigenvalue weighted by Crippen LogP contribution is -2.30. The van der Waals surface area contributed by atoms with Crippen LogP contribution in [0.1, 0.15) is 91.5 Å². The molecule has 2 aromatic rings. The van der Waals surface area contributed by atoms with Gasteiger partial charge in [-0.1, -0.05) is 118 Å². The highest BCUT2D eigenvalue weighted by Crippen LogP contribution is 2.30. The van der Waals surface area contributed by atoms with Crippen LogP contribution >= 0.6 is 0 Å². The standard InChI is InChI=1S/C28H42O/c1-25(2,3)21-11-15-23(16-12-21)27(7,8)19-29-20-28(9,10)24-17-13-22(14-18-24)26(4,5)6/h11-18H,19-20H2,1-10H3. The highest BCUT2D eigenvalue weighted by atomic mass is 16.5. The molecule has 0 atom stereocenters. The lowest BCUT2D eigenvalue weighted by molar-refractivity contribution is 0.0633. The van der Waals surface area contributed by atoms with Gasteiger partial charge in [-0.25, -0.2) is 0 Å². The first-order valence-corrected chi connectivity index (χ1v) is 10.9. The molecule has 0 aliphatic carbocycles. The first-order chi connectivity index (χ1) is 13.1. The fourth-order valence-corrected chi connectivity index (χ4v) is 3.57. The number of benzene rings is 2. The van der Waals surface area contributed by atoms with Gasteiger partial charge in [-0.2, -0.15) is 0 Å². The zero-order valence-electron chi connectivity index (χ0n) is 20.4. The third-order valence-corrected chi connectivity index (χ3v) is 5.99. The predicted molar refractivity (Wildman–Crippen MR) is 127 cm³/mol. The molecule has 1 heteroatoms. The SMILES string of the molecule is CC(C)(C)c1ccc(C(C)(C)COCC(C)(C)c2ccc(C(C)(C)C)cc2)cc1. The second-order valence-electron chi connectivity index (χ2n) is 11.9. The van der Waals surface area contributed by atoms with Crippen LogP contribution in [0.25, 0.3) is 0 Å². The van der Waals surface area contributed by atoms with E-state index in [0.717, 1.165) is 0 Å². The van der Waals surface area contributed by atoms with Crippen LogP contribution < -0.4 is 0 Å². The summed E-state index contributed by atoms with van der Waals surface area (Å²) >= 11 is 0. The molecule has 0 aliphatic rings. The lowest BCUT2D eigenvalue weighted by atomic mass is 9.81. The molecule has 0 unspecified atom stereocenters. The minimum Gasteiger partial charge on any atom is -0.380 e. The maximum atomic E-state index is 6.27. The van der Waals surface area contributed by atoms with Crippen molar-refractivity contribution in [2.45, 2.75) is 90.9 Å². The Morgan fingerprint density at radius 2 is 0.690 bits per heavy atom. The van der Waals surface area contributed by atoms with Gasteiger partial charge in [0, 0.05) is 10.8 Å². The van der Waals surface area contributed by atoms with Gasteiger partial charge in [0.1, 0.15) is 0 Å². The van der Waals surface area contributed by atoms with E-state index in [1.807, 2.05) is 0 Å². The molecule has 1 nitrogen and oxygen atoms in total. The van der Waals surface area contributed by atoms with Crippen LogP contribution in [0.4, 0.5) is 0 Å². The van der Waals surface area contributed by atoms with Gasteiger partial charge in [0.2, 0.25) is 0 Å². The Balaban J connectivity index is 2.01. The Kier molecular flexibility index (Phi) is 6.75. The molecule has 0 bridgehead atoms. The Morgan fingerprint density at radius 1 is 0.448 bits per heavy atom. The molecule has 0 fully saturated rings. The molecule has 0 amide bonds. The highest BCUT2D eigenvalue weighted by molar-refractivity contribution is 5.33. The summed E-state index contributed by atoms with van der Waals surface area (Å²) in [4.78, 5) is 0. The molecular weight excluding hydrogens is 352 g/mol. The zero-order chi connectivity index (χ0) is 22.1. The van der Waals surface area contributed by atoms with Crippen LogP contribution in [0, 0.1) is 0 Å². The van der Waals surface area contributed by atoms with E-state index in [9.17, 15) is 0 Å². The van der Waals surface area contributed by atoms with Crippen molar-refractivity contribution in [3.05, 3.63) is 70.8 Å². The molecule has 0 aliphatic heterocycles. The number of rotatable bonds is 6. The second kappa shape index (κ2) is 8.26. The van der Waals surface area contributed by atoms with Crippen molar-refractivity contribution in [3.63, 3.8) is 0 Å². The van der Waals surface area contributed by atoms with E-state index in [-0.39, 0.29) is 21.7 Å². The number of hydrogen-bond acceptors (Lipinski definition) is 1. The van der Waals surface area contributed by atoms with E-state index in [1.54, 1.807) is 0 Å². The van der Waals surface area contributed by atoms with Crippen molar-refractivity contribution in [3.8, 4) is 0 Å². The normalized spacial score (nSPS) is 13.6. The Hall–Kier alpha value is -1.60. The van der Waals surface area contributed by atoms with Gasteiger partial charge in [-0.05, 0) is 33.1 Å². The van der Waals surface area contributed by atoms with Crippen LogP contribution in [0.2, 0.25) is 0 Å². The molecule has 2 rings (SSSR count). The zero-order valence-corrected chi connectivity index (χ0v) is 20.4. The molecule has 0 N–H and O–H groups in total. The summed E-state index contributed by atoms with van der Waals surface area (Å²) in [6.07, 6.45) is 0. The van der Waals surface area contributed by atoms with Gasteiger partial charge in [0.15, 0.2) is 0 Å². The van der Waals surface area contributed by atoms with E-state index in [2.05, 4.69) is 118 Å². The Bertz CT molecular complexity index is 709. The Morgan fingerprint density at radius 3 is 0.931 bits per heavy atom. The molecule has 0 saturated carbocycles. The van der Waals surface area contributed by atoms with Gasteiger partial charge in [-0.3, -0.25) is 0 Å². The maximum absolute atomic E-state index is 6.27. The largest absolute Gasteiger partial charge is 0.380 e. The van der Waals surface area contributed by atoms with E-state index < -0.39 is 0 Å². The summed E-state index contributed by atoms with van der Waals surface area (Å²) in [6.45, 7) is 24.0. The molecule has 0 saturated heterocycles. The third-order valence-electron chi connectivity index (χ3n) is 5.99. The summed E-state index contributed by atoms with van der Waals surface area (Å²) in [5.74, 6) is 0. The van der Waals surface area contributed by atoms with Gasteiger partial charge in [-0.15, -0.1) is 0 Å². The van der Waals surface area contributed by atoms with Gasteiger partial charge in [0.05, 0.1) is 13.2 Å². The van der Waals surface area contributed by atoms with Crippen molar-refractivity contribution in [1.29, 1.82) is 0 Å². The summed E-state index contributed by atoms with van der Waals surface area (Å²) < 4.78 is 6.27. The minimum absolute atomic E-state index is 0.0113. The fourth-order valence-electron chi connectivity index (χ4n) is 3.57. The second-order valence-corrected chi connectivity index (χ2v) is 11.9. The smallest absolute Gasteiger partial charge is 0.0558 e. The van der Waals surface area contributed by atoms with Crippen molar-refractivity contribution in [2.24, 2.45) is 0 Å². The molecule has 0 heterocycles. The number of ether oxygens (including phenoxy) is 1. The molecular formula is C28H42O. The van der Waals surface area contributed by atoms with Crippen molar-refractivity contribution < 1.29 is 4.74 Å². The van der Waals surface area contributed by atoms with Crippen LogP contribution in [0.5, 0.6) is 0 Å². The van der Waals surface area contributed by atoms with E-state index >= 15 is 0 Å². The van der Waals surface area contributed by atoms with E-state index in [0.29, 0.717) is 13.2 Å². The van der Waals surface area contributed by atoms with Gasteiger partial charge in [0.25, 0.3) is 0 Å². The highest BCUT2D eigenvalue weighted by Gasteiger charge is 2.26. The van der Waals surface area contributed by atoms with Gasteiger partial charge >= 0.3 is 0 Å². The molecule has 0 aromatic heterocycles. The molecule has 0 radical (unpaired) electrons. The minimum atomic E-state index is -0.0113.